The zero-order valence-electron chi connectivity index (χ0n) is 36.1. The Hall–Kier alpha value is -2.33. The highest BCUT2D eigenvalue weighted by atomic mass is 16.5. The molecule has 3 unspecified atom stereocenters. The smallest absolute Gasteiger partial charge is 0.306 e. The summed E-state index contributed by atoms with van der Waals surface area (Å²) in [7, 11) is 0. The molecule has 0 rings (SSSR count). The Kier molecular flexibility index (Phi) is 37.2. The number of hydrogen-bond donors (Lipinski definition) is 1. The van der Waals surface area contributed by atoms with Gasteiger partial charge in [-0.05, 0) is 69.7 Å². The van der Waals surface area contributed by atoms with E-state index < -0.39 is 0 Å². The van der Waals surface area contributed by atoms with Crippen molar-refractivity contribution < 1.29 is 23.9 Å². The van der Waals surface area contributed by atoms with Crippen molar-refractivity contribution in [2.45, 2.75) is 214 Å². The fraction of sp³-hybridized carbons (Fsp3) is 0.851. The molecule has 3 atom stereocenters. The van der Waals surface area contributed by atoms with E-state index in [4.69, 9.17) is 9.47 Å². The Labute approximate surface area is 333 Å². The number of nitrogens with one attached hydrogen (secondary N) is 1. The maximum absolute atomic E-state index is 12.8. The molecule has 0 fully saturated rings. The molecule has 7 heteroatoms. The standard InChI is InChI=1S/C47H86N2O5/c1-7-12-31-42(6)40-46(51)53-38-29-25-21-17-15-19-23-27-34-44(48-45(50)36-37-49(10-4)11-5)35-28-24-20-16-18-22-26-30-39-54-47(52)41-43(32-13-8-2)33-14-9-3/h32,42-44H,2,7,9-12,14-31,33-41H2,1,3-6H3,(H,48,50). The van der Waals surface area contributed by atoms with Gasteiger partial charge in [-0.3, -0.25) is 14.4 Å². The van der Waals surface area contributed by atoms with Crippen LogP contribution in [-0.4, -0.2) is 61.6 Å². The molecule has 0 bridgehead atoms. The molecule has 0 aromatic heterocycles. The zero-order valence-corrected chi connectivity index (χ0v) is 36.1. The zero-order chi connectivity index (χ0) is 39.9. The van der Waals surface area contributed by atoms with Gasteiger partial charge in [0.2, 0.25) is 5.91 Å². The summed E-state index contributed by atoms with van der Waals surface area (Å²) in [5.74, 6) is 0.642. The SMILES string of the molecule is C=C=C=CC(CCCC)CC(=O)OCCCCCCCCCCC(CCCCCCCCCCOC(=O)CC(C)CCCC)NC(=O)CCN(CC)CC. The molecule has 0 heterocycles. The number of allylic oxidation sites excluding steroid dienone is 1. The van der Waals surface area contributed by atoms with Crippen molar-refractivity contribution in [2.75, 3.05) is 32.8 Å². The molecular formula is C47H86N2O5. The second-order valence-corrected chi connectivity index (χ2v) is 15.8. The van der Waals surface area contributed by atoms with Crippen molar-refractivity contribution in [1.82, 2.24) is 10.2 Å². The molecule has 54 heavy (non-hydrogen) atoms. The van der Waals surface area contributed by atoms with Crippen LogP contribution in [0, 0.1) is 11.8 Å². The van der Waals surface area contributed by atoms with Crippen LogP contribution >= 0.6 is 0 Å². The monoisotopic (exact) mass is 759 g/mol. The van der Waals surface area contributed by atoms with E-state index in [0.717, 1.165) is 83.8 Å². The molecule has 1 amide bonds. The summed E-state index contributed by atoms with van der Waals surface area (Å²) in [5, 5.41) is 3.40. The summed E-state index contributed by atoms with van der Waals surface area (Å²) < 4.78 is 11.0. The summed E-state index contributed by atoms with van der Waals surface area (Å²) >= 11 is 0. The van der Waals surface area contributed by atoms with E-state index in [1.807, 2.05) is 6.08 Å². The van der Waals surface area contributed by atoms with Crippen LogP contribution in [0.5, 0.6) is 0 Å². The fourth-order valence-corrected chi connectivity index (χ4v) is 7.03. The van der Waals surface area contributed by atoms with Gasteiger partial charge in [-0.2, -0.15) is 0 Å². The molecule has 0 aromatic carbocycles. The number of nitrogens with zero attached hydrogens (tertiary/aromatic N) is 1. The van der Waals surface area contributed by atoms with Crippen molar-refractivity contribution >= 4 is 17.8 Å². The van der Waals surface area contributed by atoms with Gasteiger partial charge in [0.05, 0.1) is 19.6 Å². The molecule has 7 nitrogen and oxygen atoms in total. The van der Waals surface area contributed by atoms with Gasteiger partial charge in [-0.15, -0.1) is 0 Å². The molecule has 0 aromatic rings. The van der Waals surface area contributed by atoms with Crippen LogP contribution in [0.3, 0.4) is 0 Å². The summed E-state index contributed by atoms with van der Waals surface area (Å²) in [5.41, 5.74) is 5.56. The Bertz CT molecular complexity index is 983. The Morgan fingerprint density at radius 3 is 1.57 bits per heavy atom. The first kappa shape index (κ1) is 51.7. The first-order valence-electron chi connectivity index (χ1n) is 22.7. The van der Waals surface area contributed by atoms with Crippen molar-refractivity contribution in [1.29, 1.82) is 0 Å². The number of unbranched alkanes of at least 4 members (excludes halogenated alkanes) is 16. The molecule has 0 aliphatic carbocycles. The molecule has 0 saturated heterocycles. The Morgan fingerprint density at radius 2 is 1.09 bits per heavy atom. The molecule has 314 valence electrons. The summed E-state index contributed by atoms with van der Waals surface area (Å²) in [6.45, 7) is 18.2. The molecule has 0 radical (unpaired) electrons. The first-order valence-corrected chi connectivity index (χ1v) is 22.7. The largest absolute Gasteiger partial charge is 0.466 e. The highest BCUT2D eigenvalue weighted by Gasteiger charge is 2.14. The van der Waals surface area contributed by atoms with Crippen LogP contribution in [0.1, 0.15) is 208 Å². The summed E-state index contributed by atoms with van der Waals surface area (Å²) in [4.78, 5) is 39.4. The van der Waals surface area contributed by atoms with Gasteiger partial charge in [0.15, 0.2) is 0 Å². The minimum absolute atomic E-state index is 0.0320. The highest BCUT2D eigenvalue weighted by molar-refractivity contribution is 5.76. The van der Waals surface area contributed by atoms with E-state index in [1.165, 1.54) is 89.9 Å². The minimum Gasteiger partial charge on any atom is -0.466 e. The molecule has 0 spiro atoms. The van der Waals surface area contributed by atoms with Crippen LogP contribution in [0.15, 0.2) is 24.1 Å². The van der Waals surface area contributed by atoms with E-state index in [-0.39, 0.29) is 29.8 Å². The number of rotatable bonds is 39. The van der Waals surface area contributed by atoms with Gasteiger partial charge < -0.3 is 19.7 Å². The van der Waals surface area contributed by atoms with Crippen LogP contribution in [0.25, 0.3) is 0 Å². The van der Waals surface area contributed by atoms with Crippen molar-refractivity contribution in [3.63, 3.8) is 0 Å². The van der Waals surface area contributed by atoms with E-state index in [2.05, 4.69) is 62.9 Å². The van der Waals surface area contributed by atoms with Crippen molar-refractivity contribution in [3.05, 3.63) is 24.1 Å². The van der Waals surface area contributed by atoms with Crippen molar-refractivity contribution in [3.8, 4) is 0 Å². The molecule has 0 aliphatic rings. The predicted molar refractivity (Wildman–Crippen MR) is 228 cm³/mol. The third kappa shape index (κ3) is 34.2. The number of carbonyl (C=O) groups excluding carboxylic acids is 3. The quantitative estimate of drug-likeness (QED) is 0.0382. The number of esters is 2. The topological polar surface area (TPSA) is 84.9 Å². The van der Waals surface area contributed by atoms with Crippen LogP contribution in [-0.2, 0) is 23.9 Å². The maximum atomic E-state index is 12.8. The normalized spacial score (nSPS) is 12.8. The van der Waals surface area contributed by atoms with E-state index in [1.54, 1.807) is 0 Å². The maximum Gasteiger partial charge on any atom is 0.306 e. The van der Waals surface area contributed by atoms with Gasteiger partial charge in [0, 0.05) is 25.4 Å². The van der Waals surface area contributed by atoms with Gasteiger partial charge in [-0.1, -0.05) is 168 Å². The van der Waals surface area contributed by atoms with Gasteiger partial charge in [0.1, 0.15) is 0 Å². The number of amides is 1. The van der Waals surface area contributed by atoms with Crippen LogP contribution in [0.2, 0.25) is 0 Å². The van der Waals surface area contributed by atoms with Crippen LogP contribution in [0.4, 0.5) is 0 Å². The number of hydrogen-bond acceptors (Lipinski definition) is 6. The average Bonchev–Trinajstić information content (AvgIpc) is 3.16. The molecular weight excluding hydrogens is 673 g/mol. The summed E-state index contributed by atoms with van der Waals surface area (Å²) in [6, 6.07) is 0.283. The van der Waals surface area contributed by atoms with Gasteiger partial charge in [0.25, 0.3) is 0 Å². The Morgan fingerprint density at radius 1 is 0.630 bits per heavy atom. The minimum atomic E-state index is -0.112. The third-order valence-electron chi connectivity index (χ3n) is 10.7. The van der Waals surface area contributed by atoms with Gasteiger partial charge in [-0.25, -0.2) is 0 Å². The second-order valence-electron chi connectivity index (χ2n) is 15.8. The fourth-order valence-electron chi connectivity index (χ4n) is 7.03. The molecule has 0 aliphatic heterocycles. The van der Waals surface area contributed by atoms with E-state index in [9.17, 15) is 14.4 Å². The lowest BCUT2D eigenvalue weighted by molar-refractivity contribution is -0.145. The lowest BCUT2D eigenvalue weighted by Crippen LogP contribution is -2.37. The number of carbonyl (C=O) groups is 3. The molecule has 0 saturated carbocycles. The molecule has 1 N–H and O–H groups in total. The second kappa shape index (κ2) is 38.9. The lowest BCUT2D eigenvalue weighted by Gasteiger charge is -2.21. The lowest BCUT2D eigenvalue weighted by atomic mass is 9.98. The van der Waals surface area contributed by atoms with Crippen LogP contribution < -0.4 is 5.32 Å². The van der Waals surface area contributed by atoms with Crippen molar-refractivity contribution in [2.24, 2.45) is 11.8 Å². The highest BCUT2D eigenvalue weighted by Crippen LogP contribution is 2.18. The third-order valence-corrected chi connectivity index (χ3v) is 10.7. The van der Waals surface area contributed by atoms with E-state index >= 15 is 0 Å². The summed E-state index contributed by atoms with van der Waals surface area (Å²) in [6.07, 6.45) is 31.0. The first-order chi connectivity index (χ1) is 26.3. The predicted octanol–water partition coefficient (Wildman–Crippen LogP) is 12.2. The Balaban J connectivity index is 4.19. The van der Waals surface area contributed by atoms with Gasteiger partial charge >= 0.3 is 11.9 Å². The number of ether oxygens (including phenoxy) is 2. The van der Waals surface area contributed by atoms with E-state index in [0.29, 0.717) is 38.4 Å². The average molecular weight is 759 g/mol.